The molecule has 0 amide bonds. The molecular weight excluding hydrogens is 274 g/mol. The Bertz CT molecular complexity index is 582. The van der Waals surface area contributed by atoms with Crippen molar-refractivity contribution in [3.63, 3.8) is 0 Å². The summed E-state index contributed by atoms with van der Waals surface area (Å²) in [6.45, 7) is 1.52. The van der Waals surface area contributed by atoms with Gasteiger partial charge in [0.05, 0.1) is 0 Å². The van der Waals surface area contributed by atoms with Gasteiger partial charge in [-0.2, -0.15) is 0 Å². The fourth-order valence-corrected chi connectivity index (χ4v) is 2.18. The quantitative estimate of drug-likeness (QED) is 0.867. The van der Waals surface area contributed by atoms with Crippen LogP contribution >= 0.6 is 23.2 Å². The molecule has 0 spiro atoms. The molecule has 18 heavy (non-hydrogen) atoms. The van der Waals surface area contributed by atoms with Crippen LogP contribution in [0.1, 0.15) is 18.1 Å². The van der Waals surface area contributed by atoms with Crippen LogP contribution in [0, 0.1) is 5.82 Å². The Morgan fingerprint density at radius 3 is 2.33 bits per heavy atom. The SMILES string of the molecule is CC(O)(c1cccc(Cl)c1)c1ccc(Cl)cc1F. The van der Waals surface area contributed by atoms with E-state index in [1.54, 1.807) is 30.3 Å². The monoisotopic (exact) mass is 284 g/mol. The summed E-state index contributed by atoms with van der Waals surface area (Å²) < 4.78 is 13.9. The van der Waals surface area contributed by atoms with E-state index in [0.717, 1.165) is 0 Å². The molecule has 0 aliphatic carbocycles. The van der Waals surface area contributed by atoms with Gasteiger partial charge >= 0.3 is 0 Å². The molecule has 0 heterocycles. The van der Waals surface area contributed by atoms with Crippen molar-refractivity contribution in [3.8, 4) is 0 Å². The number of halogens is 3. The van der Waals surface area contributed by atoms with Crippen LogP contribution in [0.15, 0.2) is 42.5 Å². The summed E-state index contributed by atoms with van der Waals surface area (Å²) in [4.78, 5) is 0. The molecule has 4 heteroatoms. The van der Waals surface area contributed by atoms with Crippen LogP contribution in [0.4, 0.5) is 4.39 Å². The lowest BCUT2D eigenvalue weighted by molar-refractivity contribution is 0.0980. The highest BCUT2D eigenvalue weighted by atomic mass is 35.5. The average Bonchev–Trinajstić information content (AvgIpc) is 2.28. The van der Waals surface area contributed by atoms with Crippen molar-refractivity contribution in [2.24, 2.45) is 0 Å². The van der Waals surface area contributed by atoms with Crippen molar-refractivity contribution < 1.29 is 9.50 Å². The van der Waals surface area contributed by atoms with Gasteiger partial charge in [0.2, 0.25) is 0 Å². The standard InChI is InChI=1S/C14H11Cl2FO/c1-14(18,9-3-2-4-10(15)7-9)12-6-5-11(16)8-13(12)17/h2-8,18H,1H3. The number of aliphatic hydroxyl groups is 1. The Balaban J connectivity index is 2.53. The maximum absolute atomic E-state index is 13.9. The summed E-state index contributed by atoms with van der Waals surface area (Å²) in [6.07, 6.45) is 0. The van der Waals surface area contributed by atoms with Gasteiger partial charge in [0.1, 0.15) is 11.4 Å². The predicted molar refractivity (Wildman–Crippen MR) is 71.5 cm³/mol. The van der Waals surface area contributed by atoms with Gasteiger partial charge in [-0.3, -0.25) is 0 Å². The lowest BCUT2D eigenvalue weighted by Gasteiger charge is -2.25. The Kier molecular flexibility index (Phi) is 3.62. The minimum Gasteiger partial charge on any atom is -0.381 e. The van der Waals surface area contributed by atoms with Crippen LogP contribution in [0.25, 0.3) is 0 Å². The van der Waals surface area contributed by atoms with Crippen molar-refractivity contribution in [1.82, 2.24) is 0 Å². The molecule has 0 saturated heterocycles. The molecule has 1 N–H and O–H groups in total. The van der Waals surface area contributed by atoms with Gasteiger partial charge in [0.25, 0.3) is 0 Å². The maximum atomic E-state index is 13.9. The highest BCUT2D eigenvalue weighted by molar-refractivity contribution is 6.30. The number of rotatable bonds is 2. The first-order valence-electron chi connectivity index (χ1n) is 5.35. The molecule has 0 radical (unpaired) electrons. The van der Waals surface area contributed by atoms with Crippen molar-refractivity contribution in [3.05, 3.63) is 69.5 Å². The molecular formula is C14H11Cl2FO. The zero-order valence-corrected chi connectivity index (χ0v) is 11.1. The second-order valence-corrected chi connectivity index (χ2v) is 5.08. The molecule has 0 aromatic heterocycles. The van der Waals surface area contributed by atoms with E-state index in [1.165, 1.54) is 19.1 Å². The molecule has 94 valence electrons. The van der Waals surface area contributed by atoms with Gasteiger partial charge in [-0.1, -0.05) is 41.4 Å². The molecule has 0 saturated carbocycles. The molecule has 2 aromatic rings. The summed E-state index contributed by atoms with van der Waals surface area (Å²) in [6, 6.07) is 10.9. The number of benzene rings is 2. The third-order valence-electron chi connectivity index (χ3n) is 2.84. The Morgan fingerprint density at radius 1 is 1.06 bits per heavy atom. The van der Waals surface area contributed by atoms with Crippen LogP contribution in [0.2, 0.25) is 10.0 Å². The van der Waals surface area contributed by atoms with E-state index in [2.05, 4.69) is 0 Å². The van der Waals surface area contributed by atoms with Crippen molar-refractivity contribution >= 4 is 23.2 Å². The van der Waals surface area contributed by atoms with E-state index < -0.39 is 11.4 Å². The van der Waals surface area contributed by atoms with Crippen molar-refractivity contribution in [1.29, 1.82) is 0 Å². The van der Waals surface area contributed by atoms with Gasteiger partial charge in [0.15, 0.2) is 0 Å². The van der Waals surface area contributed by atoms with E-state index >= 15 is 0 Å². The Morgan fingerprint density at radius 2 is 1.72 bits per heavy atom. The normalized spacial score (nSPS) is 14.3. The minimum absolute atomic E-state index is 0.161. The fraction of sp³-hybridized carbons (Fsp3) is 0.143. The zero-order valence-electron chi connectivity index (χ0n) is 9.62. The summed E-state index contributed by atoms with van der Waals surface area (Å²) in [5, 5.41) is 11.3. The summed E-state index contributed by atoms with van der Waals surface area (Å²) in [5.74, 6) is -0.549. The highest BCUT2D eigenvalue weighted by Crippen LogP contribution is 2.33. The number of hydrogen-bond donors (Lipinski definition) is 1. The zero-order chi connectivity index (χ0) is 13.3. The van der Waals surface area contributed by atoms with Crippen LogP contribution in [-0.4, -0.2) is 5.11 Å². The molecule has 0 fully saturated rings. The molecule has 0 aliphatic rings. The molecule has 0 bridgehead atoms. The smallest absolute Gasteiger partial charge is 0.131 e. The minimum atomic E-state index is -1.46. The lowest BCUT2D eigenvalue weighted by atomic mass is 9.88. The number of hydrogen-bond acceptors (Lipinski definition) is 1. The third-order valence-corrected chi connectivity index (χ3v) is 3.31. The topological polar surface area (TPSA) is 20.2 Å². The van der Waals surface area contributed by atoms with Crippen LogP contribution in [0.5, 0.6) is 0 Å². The van der Waals surface area contributed by atoms with E-state index in [9.17, 15) is 9.50 Å². The first-order chi connectivity index (χ1) is 8.41. The van der Waals surface area contributed by atoms with Crippen molar-refractivity contribution in [2.45, 2.75) is 12.5 Å². The van der Waals surface area contributed by atoms with Gasteiger partial charge in [0, 0.05) is 15.6 Å². The first kappa shape index (κ1) is 13.3. The molecule has 2 rings (SSSR count). The van der Waals surface area contributed by atoms with Gasteiger partial charge < -0.3 is 5.11 Å². The molecule has 1 nitrogen and oxygen atoms in total. The Labute approximate surface area is 115 Å². The highest BCUT2D eigenvalue weighted by Gasteiger charge is 2.28. The Hall–Kier alpha value is -1.09. The van der Waals surface area contributed by atoms with Crippen LogP contribution in [0.3, 0.4) is 0 Å². The molecule has 1 atom stereocenters. The van der Waals surface area contributed by atoms with Gasteiger partial charge in [-0.25, -0.2) is 4.39 Å². The molecule has 2 aromatic carbocycles. The fourth-order valence-electron chi connectivity index (χ4n) is 1.83. The van der Waals surface area contributed by atoms with E-state index in [0.29, 0.717) is 10.6 Å². The first-order valence-corrected chi connectivity index (χ1v) is 6.11. The average molecular weight is 285 g/mol. The van der Waals surface area contributed by atoms with Gasteiger partial charge in [-0.15, -0.1) is 0 Å². The second-order valence-electron chi connectivity index (χ2n) is 4.21. The molecule has 1 unspecified atom stereocenters. The van der Waals surface area contributed by atoms with Gasteiger partial charge in [-0.05, 0) is 36.8 Å². The summed E-state index contributed by atoms with van der Waals surface area (Å²) >= 11 is 11.6. The summed E-state index contributed by atoms with van der Waals surface area (Å²) in [5.41, 5.74) is -0.773. The largest absolute Gasteiger partial charge is 0.381 e. The van der Waals surface area contributed by atoms with Crippen LogP contribution < -0.4 is 0 Å². The third kappa shape index (κ3) is 2.51. The van der Waals surface area contributed by atoms with Crippen LogP contribution in [-0.2, 0) is 5.60 Å². The lowest BCUT2D eigenvalue weighted by Crippen LogP contribution is -2.24. The van der Waals surface area contributed by atoms with E-state index in [1.807, 2.05) is 0 Å². The predicted octanol–water partition coefficient (Wildman–Crippen LogP) is 4.39. The van der Waals surface area contributed by atoms with Crippen molar-refractivity contribution in [2.75, 3.05) is 0 Å². The second kappa shape index (κ2) is 4.88. The van der Waals surface area contributed by atoms with E-state index in [-0.39, 0.29) is 10.6 Å². The maximum Gasteiger partial charge on any atom is 0.131 e. The molecule has 0 aliphatic heterocycles. The van der Waals surface area contributed by atoms with E-state index in [4.69, 9.17) is 23.2 Å². The summed E-state index contributed by atoms with van der Waals surface area (Å²) in [7, 11) is 0.